The number of rotatable bonds is 13. The van der Waals surface area contributed by atoms with Crippen LogP contribution in [0.5, 0.6) is 11.5 Å². The smallest absolute Gasteiger partial charge is 0.259 e. The van der Waals surface area contributed by atoms with Gasteiger partial charge in [-0.1, -0.05) is 75.2 Å². The van der Waals surface area contributed by atoms with Crippen molar-refractivity contribution in [2.24, 2.45) is 5.92 Å². The number of nitrogens with zero attached hydrogens (tertiary/aromatic N) is 4. The third-order valence-corrected chi connectivity index (χ3v) is 18.8. The van der Waals surface area contributed by atoms with E-state index in [1.807, 2.05) is 90.0 Å². The second-order valence-electron chi connectivity index (χ2n) is 21.4. The number of pyridine rings is 1. The van der Waals surface area contributed by atoms with E-state index in [4.69, 9.17) is 24.2 Å². The van der Waals surface area contributed by atoms with E-state index in [-0.39, 0.29) is 43.2 Å². The first kappa shape index (κ1) is 52.1. The van der Waals surface area contributed by atoms with Gasteiger partial charge in [-0.25, -0.2) is 18.4 Å². The number of carbonyl (C=O) groups excluding carboxylic acids is 4. The number of methoxy groups -OCH3 is 1. The monoisotopic (exact) mass is 1060 g/mol. The number of amides is 4. The predicted molar refractivity (Wildman–Crippen MR) is 288 cm³/mol. The number of ether oxygens (including phenoxy) is 3. The van der Waals surface area contributed by atoms with Gasteiger partial charge in [0, 0.05) is 52.5 Å². The van der Waals surface area contributed by atoms with Crippen LogP contribution in [0.4, 0.5) is 5.69 Å². The first-order chi connectivity index (χ1) is 36.1. The van der Waals surface area contributed by atoms with E-state index in [0.717, 1.165) is 29.7 Å². The van der Waals surface area contributed by atoms with Crippen LogP contribution in [0.3, 0.4) is 0 Å². The van der Waals surface area contributed by atoms with Crippen molar-refractivity contribution in [3.63, 3.8) is 0 Å². The lowest BCUT2D eigenvalue weighted by atomic mass is 10.0. The minimum absolute atomic E-state index is 0.0196. The Kier molecular flexibility index (Phi) is 14.8. The third kappa shape index (κ3) is 10.9. The summed E-state index contributed by atoms with van der Waals surface area (Å²) in [4.78, 5) is 72.6. The lowest BCUT2D eigenvalue weighted by molar-refractivity contribution is -0.140. The summed E-state index contributed by atoms with van der Waals surface area (Å²) < 4.78 is 46.8. The minimum atomic E-state index is -4.03. The van der Waals surface area contributed by atoms with E-state index in [1.165, 1.54) is 11.3 Å². The SMILES string of the molecule is COc1ccc2c(O[C@@H]3C[C@H]4C(=O)N[C@]5(C(=O)NS(=O)(=O)C6(C)CC6)C[C@H]5C=CCCCCC[C@H](Nc5cccc(C(=O)N6CCOCC6Cc6ccccc6)c5)C(=O)N4C3)cc(-c3nc(C(C)C)cs3)nc2c1C. The van der Waals surface area contributed by atoms with E-state index in [9.17, 15) is 18.0 Å². The average Bonchev–Trinajstić information content (AvgIpc) is 4.22. The standard InChI is InChI=1S/C57H67N7O9S2/c1-35(2)46-34-74-52(60-46)45-30-49(43-21-22-48(71-5)36(3)50(43)59-45)73-42-29-47-51(65)61-57(55(68)62-75(69,70)56(4)23-24-56)31-39(57)18-12-7-6-8-13-20-44(54(67)64(47)32-42)58-40-19-14-17-38(28-40)53(66)63-25-26-72-33-41(63)27-37-15-10-9-11-16-37/h9-12,14-19,21-22,28,30,34-35,39,41-42,44,47,58H,6-8,13,20,23-27,29,31-33H2,1-5H3,(H,61,65)(H,62,68)/t39-,41?,42-,44+,47+,57-/m1/s1. The number of benzene rings is 3. The summed E-state index contributed by atoms with van der Waals surface area (Å²) in [5, 5.41) is 9.97. The van der Waals surface area contributed by atoms with Crippen molar-refractivity contribution >= 4 is 61.6 Å². The van der Waals surface area contributed by atoms with Gasteiger partial charge in [0.25, 0.3) is 11.8 Å². The number of morpholine rings is 1. The van der Waals surface area contributed by atoms with E-state index < -0.39 is 56.2 Å². The molecule has 5 aliphatic rings. The maximum atomic E-state index is 15.5. The highest BCUT2D eigenvalue weighted by Crippen LogP contribution is 2.48. The highest BCUT2D eigenvalue weighted by molar-refractivity contribution is 7.91. The fraction of sp³-hybridized carbons (Fsp3) is 0.474. The van der Waals surface area contributed by atoms with Gasteiger partial charge in [0.15, 0.2) is 0 Å². The first-order valence-electron chi connectivity index (χ1n) is 26.3. The summed E-state index contributed by atoms with van der Waals surface area (Å²) in [6.07, 6.45) is 8.40. The van der Waals surface area contributed by atoms with Crippen molar-refractivity contribution in [1.29, 1.82) is 0 Å². The van der Waals surface area contributed by atoms with Crippen molar-refractivity contribution < 1.29 is 41.8 Å². The number of aryl methyl sites for hydroxylation is 1. The Balaban J connectivity index is 0.976. The molecule has 3 aromatic carbocycles. The maximum Gasteiger partial charge on any atom is 0.259 e. The van der Waals surface area contributed by atoms with Gasteiger partial charge in [-0.05, 0) is 101 Å². The molecule has 3 aliphatic heterocycles. The summed E-state index contributed by atoms with van der Waals surface area (Å²) in [5.41, 5.74) is 3.63. The molecule has 2 aromatic heterocycles. The van der Waals surface area contributed by atoms with Gasteiger partial charge in [-0.2, -0.15) is 0 Å². The number of hydrogen-bond acceptors (Lipinski definition) is 13. The van der Waals surface area contributed by atoms with Gasteiger partial charge in [0.05, 0.1) is 48.9 Å². The van der Waals surface area contributed by atoms with Crippen molar-refractivity contribution in [2.75, 3.05) is 38.7 Å². The second-order valence-corrected chi connectivity index (χ2v) is 24.5. The predicted octanol–water partition coefficient (Wildman–Crippen LogP) is 8.11. The molecule has 75 heavy (non-hydrogen) atoms. The Hall–Kier alpha value is -6.37. The van der Waals surface area contributed by atoms with Crippen LogP contribution >= 0.6 is 11.3 Å². The molecule has 4 fully saturated rings. The molecule has 16 nitrogen and oxygen atoms in total. The van der Waals surface area contributed by atoms with Crippen molar-refractivity contribution in [2.45, 2.75) is 132 Å². The molecular formula is C57H67N7O9S2. The van der Waals surface area contributed by atoms with Gasteiger partial charge < -0.3 is 34.6 Å². The Morgan fingerprint density at radius 2 is 1.81 bits per heavy atom. The van der Waals surface area contributed by atoms with Crippen LogP contribution in [-0.4, -0.2) is 120 Å². The number of hydrogen-bond donors (Lipinski definition) is 3. The number of anilines is 1. The summed E-state index contributed by atoms with van der Waals surface area (Å²) in [6, 6.07) is 20.8. The number of thiazole rings is 1. The molecule has 2 saturated heterocycles. The van der Waals surface area contributed by atoms with Crippen LogP contribution in [0.1, 0.15) is 112 Å². The first-order valence-corrected chi connectivity index (χ1v) is 28.7. The van der Waals surface area contributed by atoms with Gasteiger partial charge in [-0.3, -0.25) is 23.9 Å². The fourth-order valence-electron chi connectivity index (χ4n) is 10.7. The number of aromatic nitrogens is 2. The molecule has 18 heteroatoms. The van der Waals surface area contributed by atoms with Gasteiger partial charge in [0.1, 0.15) is 45.9 Å². The van der Waals surface area contributed by atoms with E-state index >= 15 is 9.59 Å². The molecule has 396 valence electrons. The number of carbonyl (C=O) groups is 4. The molecule has 0 radical (unpaired) electrons. The van der Waals surface area contributed by atoms with Crippen LogP contribution in [-0.2, 0) is 35.6 Å². The molecule has 10 rings (SSSR count). The number of fused-ring (bicyclic) bond motifs is 3. The van der Waals surface area contributed by atoms with Crippen molar-refractivity contribution in [1.82, 2.24) is 29.8 Å². The number of sulfonamides is 1. The zero-order valence-electron chi connectivity index (χ0n) is 43.3. The van der Waals surface area contributed by atoms with Gasteiger partial charge in [0.2, 0.25) is 21.8 Å². The molecule has 6 atom stereocenters. The third-order valence-electron chi connectivity index (χ3n) is 15.7. The highest BCUT2D eigenvalue weighted by atomic mass is 32.2. The Morgan fingerprint density at radius 3 is 2.57 bits per heavy atom. The second kappa shape index (κ2) is 21.3. The molecule has 0 spiro atoms. The summed E-state index contributed by atoms with van der Waals surface area (Å²) in [5.74, 6) is -0.949. The van der Waals surface area contributed by atoms with E-state index in [1.54, 1.807) is 31.1 Å². The molecule has 1 unspecified atom stereocenters. The van der Waals surface area contributed by atoms with Crippen LogP contribution in [0.25, 0.3) is 21.6 Å². The van der Waals surface area contributed by atoms with Gasteiger partial charge >= 0.3 is 0 Å². The van der Waals surface area contributed by atoms with Crippen LogP contribution in [0.15, 0.2) is 90.3 Å². The quantitative estimate of drug-likeness (QED) is 0.0960. The summed E-state index contributed by atoms with van der Waals surface area (Å²) >= 11 is 1.49. The number of nitrogens with one attached hydrogen (secondary N) is 3. The Labute approximate surface area is 443 Å². The van der Waals surface area contributed by atoms with E-state index in [0.29, 0.717) is 103 Å². The van der Waals surface area contributed by atoms with Crippen LogP contribution in [0.2, 0.25) is 0 Å². The minimum Gasteiger partial charge on any atom is -0.496 e. The normalized spacial score (nSPS) is 24.9. The van der Waals surface area contributed by atoms with Gasteiger partial charge in [-0.15, -0.1) is 11.3 Å². The van der Waals surface area contributed by atoms with Crippen molar-refractivity contribution in [3.8, 4) is 22.2 Å². The highest BCUT2D eigenvalue weighted by Gasteiger charge is 2.63. The molecule has 0 bridgehead atoms. The molecule has 2 aliphatic carbocycles. The summed E-state index contributed by atoms with van der Waals surface area (Å²) in [7, 11) is -2.42. The lowest BCUT2D eigenvalue weighted by Crippen LogP contribution is -2.58. The molecule has 3 N–H and O–H groups in total. The zero-order valence-corrected chi connectivity index (χ0v) is 44.9. The maximum absolute atomic E-state index is 15.5. The van der Waals surface area contributed by atoms with Crippen molar-refractivity contribution in [3.05, 3.63) is 113 Å². The molecule has 5 heterocycles. The average molecular weight is 1060 g/mol. The summed E-state index contributed by atoms with van der Waals surface area (Å²) in [6.45, 7) is 9.03. The number of allylic oxidation sites excluding steroid dienone is 1. The Morgan fingerprint density at radius 1 is 1.00 bits per heavy atom. The molecule has 5 aromatic rings. The van der Waals surface area contributed by atoms with E-state index in [2.05, 4.69) is 29.2 Å². The van der Waals surface area contributed by atoms with Crippen LogP contribution in [0, 0.1) is 12.8 Å². The molecule has 2 saturated carbocycles. The molecule has 4 amide bonds. The zero-order chi connectivity index (χ0) is 52.6. The largest absolute Gasteiger partial charge is 0.496 e. The topological polar surface area (TPSA) is 198 Å². The lowest BCUT2D eigenvalue weighted by Gasteiger charge is -2.36. The molecular weight excluding hydrogens is 991 g/mol. The fourth-order valence-corrected chi connectivity index (χ4v) is 12.9. The Bertz CT molecular complexity index is 3120. The van der Waals surface area contributed by atoms with Crippen LogP contribution < -0.4 is 24.8 Å².